The minimum Gasteiger partial charge on any atom is -0.381 e. The van der Waals surface area contributed by atoms with E-state index in [9.17, 15) is 0 Å². The van der Waals surface area contributed by atoms with Crippen molar-refractivity contribution in [2.75, 3.05) is 20.3 Å². The van der Waals surface area contributed by atoms with E-state index in [2.05, 4.69) is 23.7 Å². The van der Waals surface area contributed by atoms with Crippen molar-refractivity contribution in [3.63, 3.8) is 0 Å². The third-order valence-electron chi connectivity index (χ3n) is 3.71. The first kappa shape index (κ1) is 12.6. The zero-order valence-corrected chi connectivity index (χ0v) is 10.9. The first-order valence-corrected chi connectivity index (χ1v) is 6.52. The second kappa shape index (κ2) is 6.17. The molecule has 1 saturated heterocycles. The van der Waals surface area contributed by atoms with Gasteiger partial charge in [-0.15, -0.1) is 0 Å². The number of nitrogens with one attached hydrogen (secondary N) is 1. The highest BCUT2D eigenvalue weighted by molar-refractivity contribution is 5.04. The third kappa shape index (κ3) is 3.54. The van der Waals surface area contributed by atoms with Crippen molar-refractivity contribution < 1.29 is 4.74 Å². The van der Waals surface area contributed by atoms with Crippen LogP contribution in [0.4, 0.5) is 0 Å². The molecule has 96 valence electrons. The standard InChI is InChI=1S/C13H23N3O/c1-14-13(12-5-7-17-8-6-12)4-3-11-9-15-16(2)10-11/h9-10,12-14H,3-8H2,1-2H3. The molecular formula is C13H23N3O. The van der Waals surface area contributed by atoms with E-state index in [1.165, 1.54) is 24.8 Å². The van der Waals surface area contributed by atoms with Gasteiger partial charge in [0, 0.05) is 32.5 Å². The highest BCUT2D eigenvalue weighted by Crippen LogP contribution is 2.21. The minimum absolute atomic E-state index is 0.610. The molecule has 1 aliphatic rings. The predicted octanol–water partition coefficient (Wildman–Crippen LogP) is 1.37. The summed E-state index contributed by atoms with van der Waals surface area (Å²) in [6, 6.07) is 0.610. The fraction of sp³-hybridized carbons (Fsp3) is 0.769. The first-order valence-electron chi connectivity index (χ1n) is 6.52. The van der Waals surface area contributed by atoms with E-state index in [-0.39, 0.29) is 0 Å². The van der Waals surface area contributed by atoms with Crippen LogP contribution < -0.4 is 5.32 Å². The normalized spacial score (nSPS) is 19.4. The summed E-state index contributed by atoms with van der Waals surface area (Å²) in [4.78, 5) is 0. The molecule has 0 bridgehead atoms. The maximum Gasteiger partial charge on any atom is 0.0521 e. The summed E-state index contributed by atoms with van der Waals surface area (Å²) in [5.41, 5.74) is 1.33. The Hall–Kier alpha value is -0.870. The van der Waals surface area contributed by atoms with Gasteiger partial charge in [-0.1, -0.05) is 0 Å². The number of nitrogens with zero attached hydrogens (tertiary/aromatic N) is 2. The van der Waals surface area contributed by atoms with Crippen molar-refractivity contribution in [1.82, 2.24) is 15.1 Å². The van der Waals surface area contributed by atoms with Gasteiger partial charge in [0.1, 0.15) is 0 Å². The average Bonchev–Trinajstić information content (AvgIpc) is 2.77. The van der Waals surface area contributed by atoms with Gasteiger partial charge in [-0.05, 0) is 44.2 Å². The van der Waals surface area contributed by atoms with Gasteiger partial charge in [0.25, 0.3) is 0 Å². The number of hydrogen-bond donors (Lipinski definition) is 1. The Labute approximate surface area is 103 Å². The van der Waals surface area contributed by atoms with Crippen molar-refractivity contribution in [3.05, 3.63) is 18.0 Å². The third-order valence-corrected chi connectivity index (χ3v) is 3.71. The molecule has 0 aromatic carbocycles. The SMILES string of the molecule is CNC(CCc1cnn(C)c1)C1CCOCC1. The Morgan fingerprint density at radius 1 is 1.53 bits per heavy atom. The number of ether oxygens (including phenoxy) is 1. The van der Waals surface area contributed by atoms with Crippen LogP contribution in [0.2, 0.25) is 0 Å². The summed E-state index contributed by atoms with van der Waals surface area (Å²) in [5, 5.41) is 7.68. The Morgan fingerprint density at radius 2 is 2.29 bits per heavy atom. The first-order chi connectivity index (χ1) is 8.29. The van der Waals surface area contributed by atoms with Crippen LogP contribution >= 0.6 is 0 Å². The van der Waals surface area contributed by atoms with Crippen LogP contribution in [0, 0.1) is 5.92 Å². The lowest BCUT2D eigenvalue weighted by molar-refractivity contribution is 0.0537. The van der Waals surface area contributed by atoms with Crippen molar-refractivity contribution in [2.24, 2.45) is 13.0 Å². The van der Waals surface area contributed by atoms with Crippen LogP contribution in [0.1, 0.15) is 24.8 Å². The second-order valence-corrected chi connectivity index (χ2v) is 4.91. The molecule has 0 saturated carbocycles. The number of aromatic nitrogens is 2. The molecule has 2 heterocycles. The number of hydrogen-bond acceptors (Lipinski definition) is 3. The molecule has 4 nitrogen and oxygen atoms in total. The van der Waals surface area contributed by atoms with Crippen LogP contribution in [0.3, 0.4) is 0 Å². The van der Waals surface area contributed by atoms with E-state index in [0.29, 0.717) is 6.04 Å². The molecule has 0 amide bonds. The van der Waals surface area contributed by atoms with E-state index >= 15 is 0 Å². The predicted molar refractivity (Wildman–Crippen MR) is 67.9 cm³/mol. The molecule has 2 rings (SSSR count). The Kier molecular flexibility index (Phi) is 4.57. The summed E-state index contributed by atoms with van der Waals surface area (Å²) in [5.74, 6) is 0.769. The molecule has 1 aliphatic heterocycles. The molecule has 1 N–H and O–H groups in total. The Morgan fingerprint density at radius 3 is 2.88 bits per heavy atom. The summed E-state index contributed by atoms with van der Waals surface area (Å²) in [6.07, 6.45) is 8.76. The topological polar surface area (TPSA) is 39.1 Å². The molecule has 4 heteroatoms. The van der Waals surface area contributed by atoms with Crippen LogP contribution in [-0.4, -0.2) is 36.1 Å². The Bertz CT molecular complexity index is 331. The molecule has 1 aromatic heterocycles. The van der Waals surface area contributed by atoms with Crippen LogP contribution in [0.15, 0.2) is 12.4 Å². The lowest BCUT2D eigenvalue weighted by Gasteiger charge is -2.30. The molecule has 0 spiro atoms. The number of rotatable bonds is 5. The molecular weight excluding hydrogens is 214 g/mol. The summed E-state index contributed by atoms with van der Waals surface area (Å²) in [7, 11) is 4.04. The maximum atomic E-state index is 5.42. The van der Waals surface area contributed by atoms with Crippen molar-refractivity contribution in [3.8, 4) is 0 Å². The van der Waals surface area contributed by atoms with Gasteiger partial charge >= 0.3 is 0 Å². The molecule has 17 heavy (non-hydrogen) atoms. The average molecular weight is 237 g/mol. The summed E-state index contributed by atoms with van der Waals surface area (Å²) < 4.78 is 7.29. The molecule has 1 unspecified atom stereocenters. The summed E-state index contributed by atoms with van der Waals surface area (Å²) in [6.45, 7) is 1.85. The Balaban J connectivity index is 1.82. The number of aryl methyl sites for hydroxylation is 2. The van der Waals surface area contributed by atoms with Gasteiger partial charge in [-0.2, -0.15) is 5.10 Å². The fourth-order valence-electron chi connectivity index (χ4n) is 2.66. The molecule has 1 aromatic rings. The monoisotopic (exact) mass is 237 g/mol. The molecule has 0 aliphatic carbocycles. The molecule has 1 fully saturated rings. The van der Waals surface area contributed by atoms with Gasteiger partial charge in [-0.3, -0.25) is 4.68 Å². The van der Waals surface area contributed by atoms with Gasteiger partial charge in [-0.25, -0.2) is 0 Å². The quantitative estimate of drug-likeness (QED) is 0.840. The van der Waals surface area contributed by atoms with E-state index in [4.69, 9.17) is 4.74 Å². The summed E-state index contributed by atoms with van der Waals surface area (Å²) >= 11 is 0. The highest BCUT2D eigenvalue weighted by atomic mass is 16.5. The van der Waals surface area contributed by atoms with Gasteiger partial charge in [0.2, 0.25) is 0 Å². The van der Waals surface area contributed by atoms with Gasteiger partial charge < -0.3 is 10.1 Å². The zero-order chi connectivity index (χ0) is 12.1. The van der Waals surface area contributed by atoms with Crippen molar-refractivity contribution >= 4 is 0 Å². The van der Waals surface area contributed by atoms with E-state index in [1.54, 1.807) is 0 Å². The van der Waals surface area contributed by atoms with Crippen molar-refractivity contribution in [1.29, 1.82) is 0 Å². The smallest absolute Gasteiger partial charge is 0.0521 e. The van der Waals surface area contributed by atoms with Crippen LogP contribution in [0.5, 0.6) is 0 Å². The maximum absolute atomic E-state index is 5.42. The zero-order valence-electron chi connectivity index (χ0n) is 10.9. The van der Waals surface area contributed by atoms with Crippen LogP contribution in [-0.2, 0) is 18.2 Å². The van der Waals surface area contributed by atoms with E-state index in [0.717, 1.165) is 25.6 Å². The lowest BCUT2D eigenvalue weighted by atomic mass is 9.88. The van der Waals surface area contributed by atoms with Crippen molar-refractivity contribution in [2.45, 2.75) is 31.7 Å². The van der Waals surface area contributed by atoms with Gasteiger partial charge in [0.05, 0.1) is 6.20 Å². The highest BCUT2D eigenvalue weighted by Gasteiger charge is 2.22. The van der Waals surface area contributed by atoms with Gasteiger partial charge in [0.15, 0.2) is 0 Å². The van der Waals surface area contributed by atoms with E-state index < -0.39 is 0 Å². The molecule has 0 radical (unpaired) electrons. The van der Waals surface area contributed by atoms with E-state index in [1.807, 2.05) is 17.9 Å². The molecule has 1 atom stereocenters. The van der Waals surface area contributed by atoms with Crippen LogP contribution in [0.25, 0.3) is 0 Å². The largest absolute Gasteiger partial charge is 0.381 e. The fourth-order valence-corrected chi connectivity index (χ4v) is 2.66. The second-order valence-electron chi connectivity index (χ2n) is 4.91. The lowest BCUT2D eigenvalue weighted by Crippen LogP contribution is -2.37. The minimum atomic E-state index is 0.610.